The predicted octanol–water partition coefficient (Wildman–Crippen LogP) is 1.96. The summed E-state index contributed by atoms with van der Waals surface area (Å²) in [5.74, 6) is 0.774. The van der Waals surface area contributed by atoms with Gasteiger partial charge in [-0.05, 0) is 26.2 Å². The minimum absolute atomic E-state index is 0.237. The van der Waals surface area contributed by atoms with Crippen molar-refractivity contribution in [3.8, 4) is 0 Å². The molecule has 0 aromatic carbocycles. The van der Waals surface area contributed by atoms with E-state index in [9.17, 15) is 5.11 Å². The van der Waals surface area contributed by atoms with Crippen LogP contribution in [-0.4, -0.2) is 23.9 Å². The third-order valence-corrected chi connectivity index (χ3v) is 2.45. The van der Waals surface area contributed by atoms with Crippen molar-refractivity contribution in [3.63, 3.8) is 0 Å². The molecule has 0 spiro atoms. The fourth-order valence-corrected chi connectivity index (χ4v) is 1.48. The average Bonchev–Trinajstić information content (AvgIpc) is 1.93. The summed E-state index contributed by atoms with van der Waals surface area (Å²) in [4.78, 5) is 0. The van der Waals surface area contributed by atoms with E-state index < -0.39 is 0 Å². The van der Waals surface area contributed by atoms with Crippen molar-refractivity contribution >= 4 is 0 Å². The molecule has 1 N–H and O–H groups in total. The lowest BCUT2D eigenvalue weighted by atomic mass is 9.81. The summed E-state index contributed by atoms with van der Waals surface area (Å²) < 4.78 is 5.32. The zero-order valence-electron chi connectivity index (χ0n) is 8.12. The third kappa shape index (κ3) is 3.55. The molecule has 1 unspecified atom stereocenters. The van der Waals surface area contributed by atoms with Crippen LogP contribution >= 0.6 is 0 Å². The van der Waals surface area contributed by atoms with E-state index in [4.69, 9.17) is 4.74 Å². The van der Waals surface area contributed by atoms with Crippen LogP contribution in [0.2, 0.25) is 0 Å². The van der Waals surface area contributed by atoms with E-state index in [2.05, 4.69) is 0 Å². The van der Waals surface area contributed by atoms with Gasteiger partial charge >= 0.3 is 0 Å². The van der Waals surface area contributed by atoms with Gasteiger partial charge in [-0.1, -0.05) is 19.3 Å². The summed E-state index contributed by atoms with van der Waals surface area (Å²) in [6, 6.07) is 0. The van der Waals surface area contributed by atoms with Crippen LogP contribution in [-0.2, 0) is 4.74 Å². The maximum Gasteiger partial charge on any atom is 0.0776 e. The van der Waals surface area contributed by atoms with Gasteiger partial charge in [-0.2, -0.15) is 0 Å². The highest BCUT2D eigenvalue weighted by Gasteiger charge is 2.20. The highest BCUT2D eigenvalue weighted by molar-refractivity contribution is 4.72. The maximum atomic E-state index is 9.51. The van der Waals surface area contributed by atoms with Crippen LogP contribution < -0.4 is 0 Å². The van der Waals surface area contributed by atoms with Gasteiger partial charge in [-0.15, -0.1) is 0 Å². The second-order valence-corrected chi connectivity index (χ2v) is 4.07. The van der Waals surface area contributed by atoms with Crippen molar-refractivity contribution in [1.82, 2.24) is 0 Å². The fraction of sp³-hybridized carbons (Fsp3) is 1.00. The number of aliphatic hydroxyl groups is 1. The molecule has 1 saturated carbocycles. The first kappa shape index (κ1) is 10.0. The smallest absolute Gasteiger partial charge is 0.0776 e. The second-order valence-electron chi connectivity index (χ2n) is 4.07. The molecule has 12 heavy (non-hydrogen) atoms. The largest absolute Gasteiger partial charge is 0.391 e. The van der Waals surface area contributed by atoms with Crippen molar-refractivity contribution in [2.24, 2.45) is 5.92 Å². The maximum absolute atomic E-state index is 9.51. The van der Waals surface area contributed by atoms with E-state index in [1.807, 2.05) is 13.8 Å². The zero-order chi connectivity index (χ0) is 8.97. The Hall–Kier alpha value is -0.0800. The van der Waals surface area contributed by atoms with Crippen LogP contribution in [0.4, 0.5) is 0 Å². The van der Waals surface area contributed by atoms with Crippen molar-refractivity contribution in [3.05, 3.63) is 0 Å². The number of hydrogen-bond acceptors (Lipinski definition) is 2. The molecule has 0 heterocycles. The number of rotatable bonds is 5. The van der Waals surface area contributed by atoms with Crippen LogP contribution in [0.15, 0.2) is 0 Å². The molecular formula is C10H20O2. The number of hydrogen-bond donors (Lipinski definition) is 1. The Labute approximate surface area is 74.9 Å². The van der Waals surface area contributed by atoms with Gasteiger partial charge in [0.25, 0.3) is 0 Å². The van der Waals surface area contributed by atoms with Gasteiger partial charge in [0.1, 0.15) is 0 Å². The van der Waals surface area contributed by atoms with Gasteiger partial charge in [0.2, 0.25) is 0 Å². The van der Waals surface area contributed by atoms with E-state index in [1.165, 1.54) is 19.3 Å². The van der Waals surface area contributed by atoms with Gasteiger partial charge < -0.3 is 9.84 Å². The standard InChI is InChI=1S/C10H20O2/c1-8(2)12-7-10(11)6-9-4-3-5-9/h8-11H,3-7H2,1-2H3. The quantitative estimate of drug-likeness (QED) is 0.687. The lowest BCUT2D eigenvalue weighted by molar-refractivity contribution is -0.00874. The summed E-state index contributed by atoms with van der Waals surface area (Å²) in [5, 5.41) is 9.51. The fourth-order valence-electron chi connectivity index (χ4n) is 1.48. The normalized spacial score (nSPS) is 21.0. The molecule has 2 nitrogen and oxygen atoms in total. The van der Waals surface area contributed by atoms with Crippen molar-refractivity contribution < 1.29 is 9.84 Å². The molecule has 0 aromatic heterocycles. The van der Waals surface area contributed by atoms with Gasteiger partial charge in [0.15, 0.2) is 0 Å². The minimum Gasteiger partial charge on any atom is -0.391 e. The molecule has 72 valence electrons. The Bertz CT molecular complexity index is 119. The molecule has 0 aromatic rings. The first-order valence-corrected chi connectivity index (χ1v) is 4.98. The molecule has 0 radical (unpaired) electrons. The molecule has 1 aliphatic carbocycles. The monoisotopic (exact) mass is 172 g/mol. The second kappa shape index (κ2) is 4.83. The van der Waals surface area contributed by atoms with Gasteiger partial charge in [-0.3, -0.25) is 0 Å². The van der Waals surface area contributed by atoms with Crippen LogP contribution in [0.1, 0.15) is 39.5 Å². The molecule has 0 saturated heterocycles. The third-order valence-electron chi connectivity index (χ3n) is 2.45. The first-order valence-electron chi connectivity index (χ1n) is 4.98. The highest BCUT2D eigenvalue weighted by Crippen LogP contribution is 2.30. The molecular weight excluding hydrogens is 152 g/mol. The molecule has 2 heteroatoms. The van der Waals surface area contributed by atoms with E-state index >= 15 is 0 Å². The lowest BCUT2D eigenvalue weighted by Crippen LogP contribution is -2.24. The Kier molecular flexibility index (Phi) is 4.02. The van der Waals surface area contributed by atoms with Crippen molar-refractivity contribution in [2.45, 2.75) is 51.7 Å². The Morgan fingerprint density at radius 1 is 1.42 bits per heavy atom. The summed E-state index contributed by atoms with van der Waals surface area (Å²) >= 11 is 0. The molecule has 0 amide bonds. The average molecular weight is 172 g/mol. The molecule has 1 atom stereocenters. The number of ether oxygens (including phenoxy) is 1. The van der Waals surface area contributed by atoms with E-state index in [-0.39, 0.29) is 12.2 Å². The summed E-state index contributed by atoms with van der Waals surface area (Å²) in [5.41, 5.74) is 0. The van der Waals surface area contributed by atoms with Crippen molar-refractivity contribution in [1.29, 1.82) is 0 Å². The van der Waals surface area contributed by atoms with Gasteiger partial charge in [-0.25, -0.2) is 0 Å². The lowest BCUT2D eigenvalue weighted by Gasteiger charge is -2.27. The molecule has 1 rings (SSSR count). The summed E-state index contributed by atoms with van der Waals surface area (Å²) in [6.07, 6.45) is 4.89. The highest BCUT2D eigenvalue weighted by atomic mass is 16.5. The van der Waals surface area contributed by atoms with Gasteiger partial charge in [0, 0.05) is 0 Å². The van der Waals surface area contributed by atoms with E-state index in [0.29, 0.717) is 6.61 Å². The molecule has 1 fully saturated rings. The molecule has 0 bridgehead atoms. The Morgan fingerprint density at radius 3 is 2.50 bits per heavy atom. The predicted molar refractivity (Wildman–Crippen MR) is 49.1 cm³/mol. The zero-order valence-corrected chi connectivity index (χ0v) is 8.12. The Balaban J connectivity index is 1.98. The summed E-state index contributed by atoms with van der Waals surface area (Å²) in [6.45, 7) is 4.50. The number of aliphatic hydroxyl groups excluding tert-OH is 1. The minimum atomic E-state index is -0.238. The molecule has 1 aliphatic rings. The SMILES string of the molecule is CC(C)OCC(O)CC1CCC1. The topological polar surface area (TPSA) is 29.5 Å². The van der Waals surface area contributed by atoms with E-state index in [1.54, 1.807) is 0 Å². The summed E-state index contributed by atoms with van der Waals surface area (Å²) in [7, 11) is 0. The van der Waals surface area contributed by atoms with E-state index in [0.717, 1.165) is 12.3 Å². The Morgan fingerprint density at radius 2 is 2.08 bits per heavy atom. The molecule has 0 aliphatic heterocycles. The van der Waals surface area contributed by atoms with Crippen LogP contribution in [0.5, 0.6) is 0 Å². The first-order chi connectivity index (χ1) is 5.68. The van der Waals surface area contributed by atoms with Gasteiger partial charge in [0.05, 0.1) is 18.8 Å². The van der Waals surface area contributed by atoms with Crippen molar-refractivity contribution in [2.75, 3.05) is 6.61 Å². The van der Waals surface area contributed by atoms with Crippen LogP contribution in [0, 0.1) is 5.92 Å². The van der Waals surface area contributed by atoms with Crippen LogP contribution in [0.25, 0.3) is 0 Å². The van der Waals surface area contributed by atoms with Crippen LogP contribution in [0.3, 0.4) is 0 Å².